The van der Waals surface area contributed by atoms with Crippen LogP contribution in [0.1, 0.15) is 27.2 Å². The molecule has 1 N–H and O–H groups in total. The fourth-order valence-electron chi connectivity index (χ4n) is 3.15. The van der Waals surface area contributed by atoms with Gasteiger partial charge in [-0.05, 0) is 36.1 Å². The van der Waals surface area contributed by atoms with E-state index in [-0.39, 0.29) is 29.9 Å². The summed E-state index contributed by atoms with van der Waals surface area (Å²) in [7, 11) is -4.02. The van der Waals surface area contributed by atoms with Gasteiger partial charge in [-0.15, -0.1) is 13.2 Å². The summed E-state index contributed by atoms with van der Waals surface area (Å²) < 4.78 is 67.9. The molecule has 1 fully saturated rings. The smallest absolute Gasteiger partial charge is 0.465 e. The Balaban J connectivity index is 2.29. The van der Waals surface area contributed by atoms with Crippen LogP contribution in [0, 0.1) is 5.41 Å². The van der Waals surface area contributed by atoms with E-state index in [1.807, 2.05) is 20.8 Å². The van der Waals surface area contributed by atoms with Crippen molar-refractivity contribution in [3.63, 3.8) is 0 Å². The Morgan fingerprint density at radius 3 is 2.21 bits per heavy atom. The average molecular weight is 424 g/mol. The van der Waals surface area contributed by atoms with Crippen molar-refractivity contribution in [3.05, 3.63) is 24.3 Å². The average Bonchev–Trinajstić information content (AvgIpc) is 2.52. The number of hydrogen-bond acceptors (Lipinski definition) is 4. The Kier molecular flexibility index (Phi) is 6.19. The molecule has 0 saturated carbocycles. The number of sulfonamides is 1. The summed E-state index contributed by atoms with van der Waals surface area (Å²) in [4.78, 5) is 12.3. The van der Waals surface area contributed by atoms with Crippen molar-refractivity contribution in [2.75, 3.05) is 19.6 Å². The summed E-state index contributed by atoms with van der Waals surface area (Å²) in [5.41, 5.74) is -0.260. The lowest BCUT2D eigenvalue weighted by Gasteiger charge is -2.41. The molecule has 1 amide bonds. The Morgan fingerprint density at radius 1 is 1.18 bits per heavy atom. The molecule has 7 nitrogen and oxygen atoms in total. The third-order valence-corrected chi connectivity index (χ3v) is 6.18. The van der Waals surface area contributed by atoms with Crippen molar-refractivity contribution in [2.45, 2.75) is 44.5 Å². The first-order valence-corrected chi connectivity index (χ1v) is 9.98. The second-order valence-electron chi connectivity index (χ2n) is 7.78. The van der Waals surface area contributed by atoms with Crippen LogP contribution in [-0.4, -0.2) is 60.9 Å². The van der Waals surface area contributed by atoms with E-state index < -0.39 is 34.3 Å². The standard InChI is InChI=1S/C17H23F3N2O5S/c1-16(2,3)10-12-11-21(15(23)24)8-9-22(12)28(25,26)14-6-4-13(5-7-14)27-17(18,19)20/h4-7,12H,8-11H2,1-3H3,(H,23,24)/t12-/m0/s1. The molecule has 2 rings (SSSR count). The number of amides is 1. The third-order valence-electron chi connectivity index (χ3n) is 4.21. The highest BCUT2D eigenvalue weighted by atomic mass is 32.2. The monoisotopic (exact) mass is 424 g/mol. The Labute approximate surface area is 161 Å². The molecule has 0 radical (unpaired) electrons. The molecule has 1 heterocycles. The number of rotatable bonds is 4. The van der Waals surface area contributed by atoms with Gasteiger partial charge in [0.2, 0.25) is 10.0 Å². The summed E-state index contributed by atoms with van der Waals surface area (Å²) in [5.74, 6) is -0.520. The van der Waals surface area contributed by atoms with E-state index in [1.165, 1.54) is 9.21 Å². The quantitative estimate of drug-likeness (QED) is 0.801. The molecule has 158 valence electrons. The summed E-state index contributed by atoms with van der Waals surface area (Å²) in [5, 5.41) is 9.24. The van der Waals surface area contributed by atoms with E-state index in [1.54, 1.807) is 0 Å². The highest BCUT2D eigenvalue weighted by molar-refractivity contribution is 7.89. The van der Waals surface area contributed by atoms with E-state index >= 15 is 0 Å². The third kappa shape index (κ3) is 5.74. The van der Waals surface area contributed by atoms with Gasteiger partial charge in [-0.2, -0.15) is 4.31 Å². The lowest BCUT2D eigenvalue weighted by atomic mass is 9.87. The van der Waals surface area contributed by atoms with Crippen LogP contribution >= 0.6 is 0 Å². The molecule has 1 saturated heterocycles. The zero-order valence-corrected chi connectivity index (χ0v) is 16.5. The minimum Gasteiger partial charge on any atom is -0.465 e. The minimum absolute atomic E-state index is 0.0183. The van der Waals surface area contributed by atoms with E-state index in [2.05, 4.69) is 4.74 Å². The van der Waals surface area contributed by atoms with Gasteiger partial charge in [-0.1, -0.05) is 20.8 Å². The van der Waals surface area contributed by atoms with Gasteiger partial charge in [0.1, 0.15) is 5.75 Å². The minimum atomic E-state index is -4.87. The molecular formula is C17H23F3N2O5S. The molecule has 1 aliphatic rings. The number of nitrogens with zero attached hydrogens (tertiary/aromatic N) is 2. The van der Waals surface area contributed by atoms with Gasteiger partial charge in [0.05, 0.1) is 4.90 Å². The van der Waals surface area contributed by atoms with Crippen LogP contribution < -0.4 is 4.74 Å². The first-order chi connectivity index (χ1) is 12.7. The summed E-state index contributed by atoms with van der Waals surface area (Å²) in [6, 6.07) is 3.39. The van der Waals surface area contributed by atoms with Crippen molar-refractivity contribution in [1.82, 2.24) is 9.21 Å². The van der Waals surface area contributed by atoms with E-state index in [0.717, 1.165) is 24.3 Å². The molecule has 0 unspecified atom stereocenters. The number of carbonyl (C=O) groups is 1. The summed E-state index contributed by atoms with van der Waals surface area (Å²) >= 11 is 0. The van der Waals surface area contributed by atoms with Gasteiger partial charge >= 0.3 is 12.5 Å². The molecule has 28 heavy (non-hydrogen) atoms. The molecular weight excluding hydrogens is 401 g/mol. The lowest BCUT2D eigenvalue weighted by Crippen LogP contribution is -2.57. The van der Waals surface area contributed by atoms with Gasteiger partial charge in [0.15, 0.2) is 0 Å². The molecule has 0 aliphatic carbocycles. The van der Waals surface area contributed by atoms with Gasteiger partial charge in [0.25, 0.3) is 0 Å². The lowest BCUT2D eigenvalue weighted by molar-refractivity contribution is -0.274. The first-order valence-electron chi connectivity index (χ1n) is 8.54. The van der Waals surface area contributed by atoms with Crippen LogP contribution in [0.25, 0.3) is 0 Å². The largest absolute Gasteiger partial charge is 0.573 e. The number of benzene rings is 1. The second kappa shape index (κ2) is 7.78. The van der Waals surface area contributed by atoms with Gasteiger partial charge in [-0.25, -0.2) is 13.2 Å². The number of alkyl halides is 3. The van der Waals surface area contributed by atoms with Crippen LogP contribution in [0.15, 0.2) is 29.2 Å². The van der Waals surface area contributed by atoms with Crippen molar-refractivity contribution >= 4 is 16.1 Å². The number of carboxylic acid groups (broad SMARTS) is 1. The Hall–Kier alpha value is -2.01. The molecule has 1 aromatic carbocycles. The molecule has 1 aromatic rings. The number of ether oxygens (including phenoxy) is 1. The van der Waals surface area contributed by atoms with E-state index in [4.69, 9.17) is 0 Å². The number of piperazine rings is 1. The van der Waals surface area contributed by atoms with Crippen LogP contribution in [0.2, 0.25) is 0 Å². The number of halogens is 3. The maximum atomic E-state index is 13.1. The second-order valence-corrected chi connectivity index (χ2v) is 9.67. The van der Waals surface area contributed by atoms with Crippen molar-refractivity contribution in [2.24, 2.45) is 5.41 Å². The van der Waals surface area contributed by atoms with Gasteiger partial charge < -0.3 is 14.7 Å². The first kappa shape index (κ1) is 22.3. The summed E-state index contributed by atoms with van der Waals surface area (Å²) in [6.07, 6.45) is -5.57. The molecule has 0 spiro atoms. The molecule has 11 heteroatoms. The fourth-order valence-corrected chi connectivity index (χ4v) is 4.76. The van der Waals surface area contributed by atoms with Crippen LogP contribution in [0.5, 0.6) is 5.75 Å². The zero-order valence-electron chi connectivity index (χ0n) is 15.7. The molecule has 1 atom stereocenters. The topological polar surface area (TPSA) is 87.2 Å². The van der Waals surface area contributed by atoms with Crippen LogP contribution in [0.3, 0.4) is 0 Å². The van der Waals surface area contributed by atoms with Gasteiger partial charge in [0, 0.05) is 25.7 Å². The summed E-state index contributed by atoms with van der Waals surface area (Å²) in [6.45, 7) is 5.77. The predicted molar refractivity (Wildman–Crippen MR) is 94.5 cm³/mol. The Morgan fingerprint density at radius 2 is 1.75 bits per heavy atom. The van der Waals surface area contributed by atoms with Gasteiger partial charge in [-0.3, -0.25) is 0 Å². The van der Waals surface area contributed by atoms with Crippen molar-refractivity contribution < 1.29 is 36.2 Å². The Bertz CT molecular complexity index is 804. The molecule has 0 bridgehead atoms. The fraction of sp³-hybridized carbons (Fsp3) is 0.588. The van der Waals surface area contributed by atoms with E-state index in [9.17, 15) is 31.5 Å². The predicted octanol–water partition coefficient (Wildman–Crippen LogP) is 3.37. The number of hydrogen-bond donors (Lipinski definition) is 1. The molecule has 1 aliphatic heterocycles. The normalized spacial score (nSPS) is 19.5. The maximum Gasteiger partial charge on any atom is 0.573 e. The maximum absolute atomic E-state index is 13.1. The highest BCUT2D eigenvalue weighted by Crippen LogP contribution is 2.31. The highest BCUT2D eigenvalue weighted by Gasteiger charge is 2.39. The SMILES string of the molecule is CC(C)(C)C[C@H]1CN(C(=O)O)CCN1S(=O)(=O)c1ccc(OC(F)(F)F)cc1. The van der Waals surface area contributed by atoms with Crippen LogP contribution in [-0.2, 0) is 10.0 Å². The zero-order chi connectivity index (χ0) is 21.3. The van der Waals surface area contributed by atoms with E-state index in [0.29, 0.717) is 6.42 Å². The van der Waals surface area contributed by atoms with Crippen molar-refractivity contribution in [1.29, 1.82) is 0 Å². The molecule has 0 aromatic heterocycles. The van der Waals surface area contributed by atoms with Crippen LogP contribution in [0.4, 0.5) is 18.0 Å². The van der Waals surface area contributed by atoms with Crippen molar-refractivity contribution in [3.8, 4) is 5.75 Å².